The van der Waals surface area contributed by atoms with Crippen LogP contribution in [0.25, 0.3) is 0 Å². The summed E-state index contributed by atoms with van der Waals surface area (Å²) in [5.74, 6) is 0.0881. The Hall–Kier alpha value is -2.36. The number of benzene rings is 1. The first-order chi connectivity index (χ1) is 8.24. The van der Waals surface area contributed by atoms with Crippen molar-refractivity contribution in [3.63, 3.8) is 0 Å². The maximum Gasteiger partial charge on any atom is 0.228 e. The molecule has 2 rings (SSSR count). The average molecular weight is 228 g/mol. The normalized spacial score (nSPS) is 9.88. The number of nitrogens with zero attached hydrogens (tertiary/aromatic N) is 1. The van der Waals surface area contributed by atoms with E-state index in [2.05, 4.69) is 10.3 Å². The summed E-state index contributed by atoms with van der Waals surface area (Å²) in [7, 11) is 0. The second kappa shape index (κ2) is 5.12. The number of carbonyl (C=O) groups excluding carboxylic acids is 1. The predicted octanol–water partition coefficient (Wildman–Crippen LogP) is 1.97. The molecule has 0 aliphatic rings. The topological polar surface area (TPSA) is 62.2 Å². The quantitative estimate of drug-likeness (QED) is 0.844. The molecule has 1 amide bonds. The fourth-order valence-corrected chi connectivity index (χ4v) is 1.44. The van der Waals surface area contributed by atoms with Crippen LogP contribution in [0.3, 0.4) is 0 Å². The van der Waals surface area contributed by atoms with E-state index >= 15 is 0 Å². The molecular formula is C13H12N2O2. The molecule has 1 aromatic heterocycles. The lowest BCUT2D eigenvalue weighted by atomic mass is 10.1. The Bertz CT molecular complexity index is 495. The van der Waals surface area contributed by atoms with Crippen molar-refractivity contribution in [3.8, 4) is 5.75 Å². The lowest BCUT2D eigenvalue weighted by molar-refractivity contribution is -0.115. The van der Waals surface area contributed by atoms with Gasteiger partial charge in [0, 0.05) is 6.20 Å². The number of pyridine rings is 1. The molecule has 4 nitrogen and oxygen atoms in total. The predicted molar refractivity (Wildman–Crippen MR) is 64.7 cm³/mol. The van der Waals surface area contributed by atoms with E-state index in [9.17, 15) is 4.79 Å². The fourth-order valence-electron chi connectivity index (χ4n) is 1.44. The number of aromatic hydroxyl groups is 1. The molecule has 1 aromatic carbocycles. The molecule has 0 radical (unpaired) electrons. The highest BCUT2D eigenvalue weighted by Crippen LogP contribution is 2.11. The van der Waals surface area contributed by atoms with Crippen LogP contribution in [-0.4, -0.2) is 16.0 Å². The smallest absolute Gasteiger partial charge is 0.228 e. The van der Waals surface area contributed by atoms with Crippen LogP contribution in [0, 0.1) is 0 Å². The zero-order chi connectivity index (χ0) is 12.1. The molecule has 0 saturated heterocycles. The van der Waals surface area contributed by atoms with Crippen molar-refractivity contribution in [1.82, 2.24) is 4.98 Å². The number of hydrogen-bond donors (Lipinski definition) is 2. The molecule has 86 valence electrons. The molecule has 0 atom stereocenters. The monoisotopic (exact) mass is 228 g/mol. The second-order valence-electron chi connectivity index (χ2n) is 3.63. The van der Waals surface area contributed by atoms with Crippen molar-refractivity contribution < 1.29 is 9.90 Å². The van der Waals surface area contributed by atoms with Gasteiger partial charge in [-0.05, 0) is 29.8 Å². The molecule has 1 heterocycles. The maximum atomic E-state index is 11.7. The van der Waals surface area contributed by atoms with Crippen molar-refractivity contribution in [2.45, 2.75) is 6.42 Å². The first kappa shape index (κ1) is 11.1. The molecule has 0 aliphatic carbocycles. The SMILES string of the molecule is O=C(Cc1ccc(O)cc1)Nc1cccnc1. The van der Waals surface area contributed by atoms with Gasteiger partial charge < -0.3 is 10.4 Å². The van der Waals surface area contributed by atoms with Crippen molar-refractivity contribution >= 4 is 11.6 Å². The van der Waals surface area contributed by atoms with Gasteiger partial charge in [-0.15, -0.1) is 0 Å². The number of rotatable bonds is 3. The van der Waals surface area contributed by atoms with Gasteiger partial charge in [0.05, 0.1) is 18.3 Å². The number of phenols is 1. The second-order valence-corrected chi connectivity index (χ2v) is 3.63. The average Bonchev–Trinajstić information content (AvgIpc) is 2.33. The third-order valence-electron chi connectivity index (χ3n) is 2.25. The summed E-state index contributed by atoms with van der Waals surface area (Å²) >= 11 is 0. The number of carbonyl (C=O) groups is 1. The lowest BCUT2D eigenvalue weighted by Gasteiger charge is -2.04. The minimum Gasteiger partial charge on any atom is -0.508 e. The van der Waals surface area contributed by atoms with E-state index < -0.39 is 0 Å². The van der Waals surface area contributed by atoms with Crippen LogP contribution in [-0.2, 0) is 11.2 Å². The van der Waals surface area contributed by atoms with Crippen LogP contribution >= 0.6 is 0 Å². The zero-order valence-electron chi connectivity index (χ0n) is 9.13. The summed E-state index contributed by atoms with van der Waals surface area (Å²) in [4.78, 5) is 15.6. The first-order valence-electron chi connectivity index (χ1n) is 5.22. The molecule has 0 fully saturated rings. The number of phenolic OH excluding ortho intramolecular Hbond substituents is 1. The van der Waals surface area contributed by atoms with E-state index in [4.69, 9.17) is 5.11 Å². The molecule has 17 heavy (non-hydrogen) atoms. The van der Waals surface area contributed by atoms with Gasteiger partial charge in [0.15, 0.2) is 0 Å². The van der Waals surface area contributed by atoms with E-state index in [1.165, 1.54) is 0 Å². The van der Waals surface area contributed by atoms with Crippen LogP contribution in [0.4, 0.5) is 5.69 Å². The summed E-state index contributed by atoms with van der Waals surface area (Å²) in [5, 5.41) is 11.9. The van der Waals surface area contributed by atoms with E-state index in [0.29, 0.717) is 5.69 Å². The molecule has 4 heteroatoms. The summed E-state index contributed by atoms with van der Waals surface area (Å²) < 4.78 is 0. The molecule has 0 aliphatic heterocycles. The van der Waals surface area contributed by atoms with E-state index in [-0.39, 0.29) is 18.1 Å². The maximum absolute atomic E-state index is 11.7. The molecule has 2 N–H and O–H groups in total. The van der Waals surface area contributed by atoms with Gasteiger partial charge in [0.1, 0.15) is 5.75 Å². The van der Waals surface area contributed by atoms with Gasteiger partial charge in [0.25, 0.3) is 0 Å². The minimum atomic E-state index is -0.108. The van der Waals surface area contributed by atoms with Gasteiger partial charge >= 0.3 is 0 Å². The van der Waals surface area contributed by atoms with Gasteiger partial charge in [-0.2, -0.15) is 0 Å². The molecule has 0 bridgehead atoms. The molecule has 2 aromatic rings. The summed E-state index contributed by atoms with van der Waals surface area (Å²) in [6, 6.07) is 10.1. The lowest BCUT2D eigenvalue weighted by Crippen LogP contribution is -2.14. The third-order valence-corrected chi connectivity index (χ3v) is 2.25. The molecular weight excluding hydrogens is 216 g/mol. The van der Waals surface area contributed by atoms with E-state index in [1.54, 1.807) is 48.8 Å². The Morgan fingerprint density at radius 3 is 2.65 bits per heavy atom. The number of amides is 1. The van der Waals surface area contributed by atoms with Crippen LogP contribution in [0.15, 0.2) is 48.8 Å². The summed E-state index contributed by atoms with van der Waals surface area (Å²) in [5.41, 5.74) is 1.53. The number of aromatic nitrogens is 1. The van der Waals surface area contributed by atoms with Gasteiger partial charge in [-0.3, -0.25) is 9.78 Å². The summed E-state index contributed by atoms with van der Waals surface area (Å²) in [6.45, 7) is 0. The van der Waals surface area contributed by atoms with Crippen LogP contribution in [0.5, 0.6) is 5.75 Å². The molecule has 0 spiro atoms. The Balaban J connectivity index is 1.96. The highest BCUT2D eigenvalue weighted by atomic mass is 16.3. The van der Waals surface area contributed by atoms with Crippen molar-refractivity contribution in [2.75, 3.05) is 5.32 Å². The van der Waals surface area contributed by atoms with Gasteiger partial charge in [0.2, 0.25) is 5.91 Å². The number of hydrogen-bond acceptors (Lipinski definition) is 3. The minimum absolute atomic E-state index is 0.108. The Kier molecular flexibility index (Phi) is 3.35. The fraction of sp³-hybridized carbons (Fsp3) is 0.0769. The Labute approximate surface area is 98.9 Å². The third kappa shape index (κ3) is 3.31. The van der Waals surface area contributed by atoms with Gasteiger partial charge in [-0.1, -0.05) is 12.1 Å². The van der Waals surface area contributed by atoms with Crippen molar-refractivity contribution in [1.29, 1.82) is 0 Å². The van der Waals surface area contributed by atoms with Crippen molar-refractivity contribution in [2.24, 2.45) is 0 Å². The summed E-state index contributed by atoms with van der Waals surface area (Å²) in [6.07, 6.45) is 3.51. The Morgan fingerprint density at radius 1 is 1.24 bits per heavy atom. The zero-order valence-corrected chi connectivity index (χ0v) is 9.13. The highest BCUT2D eigenvalue weighted by molar-refractivity contribution is 5.92. The van der Waals surface area contributed by atoms with Crippen LogP contribution < -0.4 is 5.32 Å². The molecule has 0 saturated carbocycles. The largest absolute Gasteiger partial charge is 0.508 e. The van der Waals surface area contributed by atoms with Gasteiger partial charge in [-0.25, -0.2) is 0 Å². The standard InChI is InChI=1S/C13H12N2O2/c16-12-5-3-10(4-6-12)8-13(17)15-11-2-1-7-14-9-11/h1-7,9,16H,8H2,(H,15,17). The number of anilines is 1. The van der Waals surface area contributed by atoms with Crippen LogP contribution in [0.1, 0.15) is 5.56 Å². The van der Waals surface area contributed by atoms with E-state index in [0.717, 1.165) is 5.56 Å². The van der Waals surface area contributed by atoms with Crippen LogP contribution in [0.2, 0.25) is 0 Å². The first-order valence-corrected chi connectivity index (χ1v) is 5.22. The van der Waals surface area contributed by atoms with E-state index in [1.807, 2.05) is 0 Å². The van der Waals surface area contributed by atoms with Crippen molar-refractivity contribution in [3.05, 3.63) is 54.4 Å². The highest BCUT2D eigenvalue weighted by Gasteiger charge is 2.03. The molecule has 0 unspecified atom stereocenters. The Morgan fingerprint density at radius 2 is 2.00 bits per heavy atom. The number of nitrogens with one attached hydrogen (secondary N) is 1.